The fourth-order valence-electron chi connectivity index (χ4n) is 2.63. The first kappa shape index (κ1) is 19.3. The van der Waals surface area contributed by atoms with E-state index < -0.39 is 22.9 Å². The van der Waals surface area contributed by atoms with Crippen LogP contribution in [0.1, 0.15) is 17.3 Å². The van der Waals surface area contributed by atoms with E-state index in [2.05, 4.69) is 5.32 Å². The van der Waals surface area contributed by atoms with Gasteiger partial charge in [-0.2, -0.15) is 0 Å². The van der Waals surface area contributed by atoms with E-state index in [-0.39, 0.29) is 16.3 Å². The second-order valence-corrected chi connectivity index (χ2v) is 6.39. The number of nitrogens with one attached hydrogen (secondary N) is 1. The maximum absolute atomic E-state index is 12.5. The SMILES string of the molecule is C[C@@H](OC(=O)c1cc([N+](=O)[O-])ccc1Cl)C(=O)Nc1cccc2ccccc12. The number of esters is 1. The predicted molar refractivity (Wildman–Crippen MR) is 106 cm³/mol. The van der Waals surface area contributed by atoms with E-state index >= 15 is 0 Å². The third kappa shape index (κ3) is 4.10. The molecule has 0 aliphatic rings. The molecule has 3 aromatic rings. The standard InChI is InChI=1S/C20H15ClN2O5/c1-12(28-20(25)16-11-14(23(26)27)9-10-17(16)21)19(24)22-18-8-4-6-13-5-2-3-7-15(13)18/h2-12H,1H3,(H,22,24)/t12-/m1/s1. The lowest BCUT2D eigenvalue weighted by Crippen LogP contribution is -2.30. The first-order chi connectivity index (χ1) is 13.4. The van der Waals surface area contributed by atoms with Gasteiger partial charge in [-0.05, 0) is 24.4 Å². The zero-order valence-corrected chi connectivity index (χ0v) is 15.5. The topological polar surface area (TPSA) is 98.5 Å². The van der Waals surface area contributed by atoms with Crippen LogP contribution in [0.5, 0.6) is 0 Å². The Kier molecular flexibility index (Phi) is 5.56. The van der Waals surface area contributed by atoms with Gasteiger partial charge in [0.1, 0.15) is 0 Å². The second-order valence-electron chi connectivity index (χ2n) is 5.98. The molecule has 0 radical (unpaired) electrons. The molecule has 142 valence electrons. The van der Waals surface area contributed by atoms with Crippen molar-refractivity contribution in [3.05, 3.63) is 81.4 Å². The molecule has 0 bridgehead atoms. The molecule has 0 aromatic heterocycles. The lowest BCUT2D eigenvalue weighted by molar-refractivity contribution is -0.384. The largest absolute Gasteiger partial charge is 0.449 e. The van der Waals surface area contributed by atoms with Crippen molar-refractivity contribution in [2.45, 2.75) is 13.0 Å². The molecular formula is C20H15ClN2O5. The second kappa shape index (κ2) is 8.06. The van der Waals surface area contributed by atoms with Gasteiger partial charge in [-0.25, -0.2) is 4.79 Å². The van der Waals surface area contributed by atoms with Crippen molar-refractivity contribution in [1.82, 2.24) is 0 Å². The van der Waals surface area contributed by atoms with E-state index in [1.165, 1.54) is 19.1 Å². The van der Waals surface area contributed by atoms with E-state index in [0.717, 1.165) is 16.8 Å². The molecule has 0 aliphatic carbocycles. The molecule has 0 unspecified atom stereocenters. The summed E-state index contributed by atoms with van der Waals surface area (Å²) >= 11 is 5.93. The van der Waals surface area contributed by atoms with Crippen molar-refractivity contribution in [3.63, 3.8) is 0 Å². The summed E-state index contributed by atoms with van der Waals surface area (Å²) in [5.41, 5.74) is 0.101. The van der Waals surface area contributed by atoms with Crippen LogP contribution in [0.3, 0.4) is 0 Å². The monoisotopic (exact) mass is 398 g/mol. The Hall–Kier alpha value is -3.45. The number of rotatable bonds is 5. The predicted octanol–water partition coefficient (Wildman–Crippen LogP) is 4.59. The van der Waals surface area contributed by atoms with Crippen molar-refractivity contribution >= 4 is 45.6 Å². The highest BCUT2D eigenvalue weighted by atomic mass is 35.5. The number of carbonyl (C=O) groups excluding carboxylic acids is 2. The molecule has 0 aliphatic heterocycles. The average Bonchev–Trinajstić information content (AvgIpc) is 2.68. The Morgan fingerprint density at radius 1 is 1.11 bits per heavy atom. The number of halogens is 1. The van der Waals surface area contributed by atoms with Crippen LogP contribution < -0.4 is 5.32 Å². The quantitative estimate of drug-likeness (QED) is 0.385. The van der Waals surface area contributed by atoms with Gasteiger partial charge in [0.25, 0.3) is 11.6 Å². The third-order valence-electron chi connectivity index (χ3n) is 4.08. The van der Waals surface area contributed by atoms with Gasteiger partial charge in [0.05, 0.1) is 15.5 Å². The van der Waals surface area contributed by atoms with Gasteiger partial charge in [-0.3, -0.25) is 14.9 Å². The van der Waals surface area contributed by atoms with Crippen LogP contribution in [0.15, 0.2) is 60.7 Å². The summed E-state index contributed by atoms with van der Waals surface area (Å²) in [6.07, 6.45) is -1.14. The molecule has 1 amide bonds. The van der Waals surface area contributed by atoms with E-state index in [1.54, 1.807) is 12.1 Å². The molecule has 1 N–H and O–H groups in total. The Morgan fingerprint density at radius 3 is 2.57 bits per heavy atom. The first-order valence-electron chi connectivity index (χ1n) is 8.30. The molecule has 0 heterocycles. The summed E-state index contributed by atoms with van der Waals surface area (Å²) < 4.78 is 5.14. The number of carbonyl (C=O) groups is 2. The van der Waals surface area contributed by atoms with Crippen LogP contribution in [0.25, 0.3) is 10.8 Å². The van der Waals surface area contributed by atoms with E-state index in [1.807, 2.05) is 30.3 Å². The van der Waals surface area contributed by atoms with Crippen molar-refractivity contribution in [2.75, 3.05) is 5.32 Å². The van der Waals surface area contributed by atoms with Crippen molar-refractivity contribution in [2.24, 2.45) is 0 Å². The molecule has 8 heteroatoms. The number of anilines is 1. The molecule has 3 rings (SSSR count). The Morgan fingerprint density at radius 2 is 1.82 bits per heavy atom. The molecule has 1 atom stereocenters. The van der Waals surface area contributed by atoms with Crippen LogP contribution >= 0.6 is 11.6 Å². The molecule has 28 heavy (non-hydrogen) atoms. The zero-order valence-electron chi connectivity index (χ0n) is 14.7. The first-order valence-corrected chi connectivity index (χ1v) is 8.68. The summed E-state index contributed by atoms with van der Waals surface area (Å²) in [6.45, 7) is 1.41. The smallest absolute Gasteiger partial charge is 0.340 e. The molecular weight excluding hydrogens is 384 g/mol. The Bertz CT molecular complexity index is 1080. The van der Waals surface area contributed by atoms with Crippen molar-refractivity contribution < 1.29 is 19.2 Å². The number of fused-ring (bicyclic) bond motifs is 1. The highest BCUT2D eigenvalue weighted by Crippen LogP contribution is 2.25. The Balaban J connectivity index is 1.75. The number of benzene rings is 3. The molecule has 0 fully saturated rings. The number of amides is 1. The normalized spacial score (nSPS) is 11.6. The third-order valence-corrected chi connectivity index (χ3v) is 4.41. The van der Waals surface area contributed by atoms with Crippen LogP contribution in [0.4, 0.5) is 11.4 Å². The summed E-state index contributed by atoms with van der Waals surface area (Å²) in [6, 6.07) is 16.4. The molecule has 7 nitrogen and oxygen atoms in total. The number of hydrogen-bond acceptors (Lipinski definition) is 5. The van der Waals surface area contributed by atoms with Gasteiger partial charge in [-0.15, -0.1) is 0 Å². The number of nitro groups is 1. The van der Waals surface area contributed by atoms with Crippen LogP contribution in [-0.2, 0) is 9.53 Å². The van der Waals surface area contributed by atoms with Crippen LogP contribution in [0.2, 0.25) is 5.02 Å². The molecule has 0 saturated carbocycles. The highest BCUT2D eigenvalue weighted by molar-refractivity contribution is 6.33. The summed E-state index contributed by atoms with van der Waals surface area (Å²) in [4.78, 5) is 35.0. The lowest BCUT2D eigenvalue weighted by atomic mass is 10.1. The van der Waals surface area contributed by atoms with E-state index in [9.17, 15) is 19.7 Å². The van der Waals surface area contributed by atoms with Gasteiger partial charge in [0.2, 0.25) is 0 Å². The minimum Gasteiger partial charge on any atom is -0.449 e. The summed E-state index contributed by atoms with van der Waals surface area (Å²) in [5, 5.41) is 15.4. The van der Waals surface area contributed by atoms with E-state index in [0.29, 0.717) is 5.69 Å². The minimum absolute atomic E-state index is 0.00254. The summed E-state index contributed by atoms with van der Waals surface area (Å²) in [7, 11) is 0. The van der Waals surface area contributed by atoms with Crippen molar-refractivity contribution in [1.29, 1.82) is 0 Å². The van der Waals surface area contributed by atoms with Crippen molar-refractivity contribution in [3.8, 4) is 0 Å². The number of non-ortho nitro benzene ring substituents is 1. The maximum Gasteiger partial charge on any atom is 0.340 e. The van der Waals surface area contributed by atoms with Gasteiger partial charge < -0.3 is 10.1 Å². The fraction of sp³-hybridized carbons (Fsp3) is 0.100. The van der Waals surface area contributed by atoms with Gasteiger partial charge in [-0.1, -0.05) is 48.0 Å². The fourth-order valence-corrected chi connectivity index (χ4v) is 2.82. The Labute approximate surface area is 165 Å². The maximum atomic E-state index is 12.5. The molecule has 0 spiro atoms. The number of nitro benzene ring substituents is 1. The van der Waals surface area contributed by atoms with Crippen LogP contribution in [0, 0.1) is 10.1 Å². The van der Waals surface area contributed by atoms with E-state index in [4.69, 9.17) is 16.3 Å². The summed E-state index contributed by atoms with van der Waals surface area (Å²) in [5.74, 6) is -1.46. The zero-order chi connectivity index (χ0) is 20.3. The molecule has 3 aromatic carbocycles. The number of nitrogens with zero attached hydrogens (tertiary/aromatic N) is 1. The number of ether oxygens (including phenoxy) is 1. The minimum atomic E-state index is -1.14. The average molecular weight is 399 g/mol. The lowest BCUT2D eigenvalue weighted by Gasteiger charge is -2.15. The number of hydrogen-bond donors (Lipinski definition) is 1. The van der Waals surface area contributed by atoms with Gasteiger partial charge >= 0.3 is 5.97 Å². The van der Waals surface area contributed by atoms with Gasteiger partial charge in [0.15, 0.2) is 6.10 Å². The van der Waals surface area contributed by atoms with Gasteiger partial charge in [0, 0.05) is 23.2 Å². The van der Waals surface area contributed by atoms with Crippen LogP contribution in [-0.4, -0.2) is 22.9 Å². The molecule has 0 saturated heterocycles. The highest BCUT2D eigenvalue weighted by Gasteiger charge is 2.23.